The van der Waals surface area contributed by atoms with Crippen LogP contribution in [0.4, 0.5) is 0 Å². The third kappa shape index (κ3) is 5.09. The van der Waals surface area contributed by atoms with Crippen LogP contribution in [0.5, 0.6) is 11.5 Å². The first-order valence-electron chi connectivity index (χ1n) is 6.58. The molecule has 0 aliphatic carbocycles. The molecule has 0 heterocycles. The zero-order chi connectivity index (χ0) is 14.3. The van der Waals surface area contributed by atoms with Gasteiger partial charge in [0.2, 0.25) is 0 Å². The summed E-state index contributed by atoms with van der Waals surface area (Å²) < 4.78 is 16.4. The molecule has 4 nitrogen and oxygen atoms in total. The lowest BCUT2D eigenvalue weighted by atomic mass is 9.86. The van der Waals surface area contributed by atoms with Gasteiger partial charge in [0.1, 0.15) is 18.1 Å². The van der Waals surface area contributed by atoms with Gasteiger partial charge in [-0.25, -0.2) is 0 Å². The Morgan fingerprint density at radius 3 is 2.42 bits per heavy atom. The fourth-order valence-electron chi connectivity index (χ4n) is 1.74. The highest BCUT2D eigenvalue weighted by molar-refractivity contribution is 5.44. The van der Waals surface area contributed by atoms with Crippen molar-refractivity contribution in [2.24, 2.45) is 5.73 Å². The van der Waals surface area contributed by atoms with Crippen LogP contribution in [0.2, 0.25) is 0 Å². The van der Waals surface area contributed by atoms with E-state index in [1.165, 1.54) is 0 Å². The summed E-state index contributed by atoms with van der Waals surface area (Å²) in [5.41, 5.74) is 6.49. The van der Waals surface area contributed by atoms with Gasteiger partial charge < -0.3 is 19.9 Å². The summed E-state index contributed by atoms with van der Waals surface area (Å²) >= 11 is 0. The molecular weight excluding hydrogens is 242 g/mol. The summed E-state index contributed by atoms with van der Waals surface area (Å²) in [6, 6.07) is 5.88. The SMILES string of the molecule is COc1ccc(OCCOCCN)c(C(C)(C)C)c1. The summed E-state index contributed by atoms with van der Waals surface area (Å²) in [5, 5.41) is 0. The highest BCUT2D eigenvalue weighted by Crippen LogP contribution is 2.34. The first kappa shape index (κ1) is 15.8. The van der Waals surface area contributed by atoms with Gasteiger partial charge in [0.25, 0.3) is 0 Å². The second kappa shape index (κ2) is 7.36. The highest BCUT2D eigenvalue weighted by Gasteiger charge is 2.19. The molecule has 0 saturated heterocycles. The lowest BCUT2D eigenvalue weighted by molar-refractivity contribution is 0.105. The zero-order valence-electron chi connectivity index (χ0n) is 12.4. The van der Waals surface area contributed by atoms with Crippen LogP contribution in [-0.4, -0.2) is 33.5 Å². The summed E-state index contributed by atoms with van der Waals surface area (Å²) in [5.74, 6) is 1.72. The molecule has 0 aromatic heterocycles. The molecule has 0 bridgehead atoms. The van der Waals surface area contributed by atoms with E-state index in [9.17, 15) is 0 Å². The van der Waals surface area contributed by atoms with Crippen LogP contribution in [0, 0.1) is 0 Å². The Morgan fingerprint density at radius 1 is 1.11 bits per heavy atom. The van der Waals surface area contributed by atoms with E-state index in [1.54, 1.807) is 7.11 Å². The van der Waals surface area contributed by atoms with Crippen molar-refractivity contribution in [3.05, 3.63) is 23.8 Å². The van der Waals surface area contributed by atoms with Gasteiger partial charge >= 0.3 is 0 Å². The van der Waals surface area contributed by atoms with Crippen LogP contribution in [0.1, 0.15) is 26.3 Å². The molecule has 0 saturated carbocycles. The maximum Gasteiger partial charge on any atom is 0.123 e. The number of rotatable bonds is 7. The van der Waals surface area contributed by atoms with Crippen molar-refractivity contribution in [1.29, 1.82) is 0 Å². The molecule has 108 valence electrons. The average molecular weight is 267 g/mol. The molecule has 0 amide bonds. The number of nitrogens with two attached hydrogens (primary N) is 1. The van der Waals surface area contributed by atoms with Gasteiger partial charge in [-0.15, -0.1) is 0 Å². The minimum absolute atomic E-state index is 0.00197. The van der Waals surface area contributed by atoms with Gasteiger partial charge in [-0.1, -0.05) is 20.8 Å². The molecule has 0 radical (unpaired) electrons. The van der Waals surface area contributed by atoms with E-state index in [0.29, 0.717) is 26.4 Å². The fourth-order valence-corrected chi connectivity index (χ4v) is 1.74. The van der Waals surface area contributed by atoms with E-state index in [0.717, 1.165) is 17.1 Å². The maximum absolute atomic E-state index is 5.79. The Labute approximate surface area is 115 Å². The van der Waals surface area contributed by atoms with Crippen LogP contribution in [0.25, 0.3) is 0 Å². The standard InChI is InChI=1S/C15H25NO3/c1-15(2,3)13-11-12(17-4)5-6-14(13)19-10-9-18-8-7-16/h5-6,11H,7-10,16H2,1-4H3. The van der Waals surface area contributed by atoms with Crippen molar-refractivity contribution in [2.75, 3.05) is 33.5 Å². The fraction of sp³-hybridized carbons (Fsp3) is 0.600. The second-order valence-electron chi connectivity index (χ2n) is 5.36. The van der Waals surface area contributed by atoms with Gasteiger partial charge in [0, 0.05) is 12.1 Å². The van der Waals surface area contributed by atoms with Crippen LogP contribution in [-0.2, 0) is 10.2 Å². The maximum atomic E-state index is 5.79. The number of hydrogen-bond donors (Lipinski definition) is 1. The molecule has 0 spiro atoms. The molecule has 0 aliphatic heterocycles. The van der Waals surface area contributed by atoms with E-state index in [2.05, 4.69) is 20.8 Å². The van der Waals surface area contributed by atoms with Crippen molar-refractivity contribution in [1.82, 2.24) is 0 Å². The molecule has 2 N–H and O–H groups in total. The van der Waals surface area contributed by atoms with Gasteiger partial charge in [0.05, 0.1) is 20.3 Å². The molecule has 1 aromatic rings. The lowest BCUT2D eigenvalue weighted by Crippen LogP contribution is -2.16. The Hall–Kier alpha value is -1.26. The van der Waals surface area contributed by atoms with E-state index in [1.807, 2.05) is 18.2 Å². The summed E-state index contributed by atoms with van der Waals surface area (Å²) in [6.45, 7) is 8.63. The van der Waals surface area contributed by atoms with Crippen LogP contribution >= 0.6 is 0 Å². The molecule has 4 heteroatoms. The summed E-state index contributed by atoms with van der Waals surface area (Å²) in [4.78, 5) is 0. The van der Waals surface area contributed by atoms with Crippen molar-refractivity contribution < 1.29 is 14.2 Å². The molecule has 0 atom stereocenters. The monoisotopic (exact) mass is 267 g/mol. The average Bonchev–Trinajstić information content (AvgIpc) is 2.37. The molecule has 0 aliphatic rings. The van der Waals surface area contributed by atoms with Crippen molar-refractivity contribution in [3.63, 3.8) is 0 Å². The smallest absolute Gasteiger partial charge is 0.123 e. The quantitative estimate of drug-likeness (QED) is 0.770. The van der Waals surface area contributed by atoms with E-state index in [-0.39, 0.29) is 5.41 Å². The Balaban J connectivity index is 2.71. The van der Waals surface area contributed by atoms with Crippen molar-refractivity contribution in [3.8, 4) is 11.5 Å². The molecule has 19 heavy (non-hydrogen) atoms. The third-order valence-electron chi connectivity index (χ3n) is 2.74. The van der Waals surface area contributed by atoms with Gasteiger partial charge in [-0.05, 0) is 23.6 Å². The van der Waals surface area contributed by atoms with Crippen LogP contribution in [0.3, 0.4) is 0 Å². The largest absolute Gasteiger partial charge is 0.497 e. The molecular formula is C15H25NO3. The molecule has 0 unspecified atom stereocenters. The van der Waals surface area contributed by atoms with Crippen LogP contribution in [0.15, 0.2) is 18.2 Å². The topological polar surface area (TPSA) is 53.7 Å². The predicted octanol–water partition coefficient (Wildman–Crippen LogP) is 2.35. The normalized spacial score (nSPS) is 11.4. The van der Waals surface area contributed by atoms with Crippen LogP contribution < -0.4 is 15.2 Å². The van der Waals surface area contributed by atoms with Crippen molar-refractivity contribution in [2.45, 2.75) is 26.2 Å². The number of benzene rings is 1. The number of hydrogen-bond acceptors (Lipinski definition) is 4. The highest BCUT2D eigenvalue weighted by atomic mass is 16.5. The second-order valence-corrected chi connectivity index (χ2v) is 5.36. The van der Waals surface area contributed by atoms with E-state index < -0.39 is 0 Å². The minimum Gasteiger partial charge on any atom is -0.497 e. The third-order valence-corrected chi connectivity index (χ3v) is 2.74. The predicted molar refractivity (Wildman–Crippen MR) is 77.1 cm³/mol. The number of ether oxygens (including phenoxy) is 3. The van der Waals surface area contributed by atoms with Gasteiger partial charge in [-0.2, -0.15) is 0 Å². The minimum atomic E-state index is 0.00197. The zero-order valence-corrected chi connectivity index (χ0v) is 12.4. The Bertz CT molecular complexity index is 385. The number of methoxy groups -OCH3 is 1. The molecule has 1 rings (SSSR count). The Kier molecular flexibility index (Phi) is 6.12. The summed E-state index contributed by atoms with van der Waals surface area (Å²) in [6.07, 6.45) is 0. The first-order chi connectivity index (χ1) is 8.99. The van der Waals surface area contributed by atoms with Crippen molar-refractivity contribution >= 4 is 0 Å². The van der Waals surface area contributed by atoms with E-state index in [4.69, 9.17) is 19.9 Å². The molecule has 1 aromatic carbocycles. The Morgan fingerprint density at radius 2 is 1.84 bits per heavy atom. The van der Waals surface area contributed by atoms with E-state index >= 15 is 0 Å². The lowest BCUT2D eigenvalue weighted by Gasteiger charge is -2.23. The molecule has 0 fully saturated rings. The first-order valence-corrected chi connectivity index (χ1v) is 6.58. The van der Waals surface area contributed by atoms with Gasteiger partial charge in [0.15, 0.2) is 0 Å². The van der Waals surface area contributed by atoms with Gasteiger partial charge in [-0.3, -0.25) is 0 Å². The summed E-state index contributed by atoms with van der Waals surface area (Å²) in [7, 11) is 1.67.